The van der Waals surface area contributed by atoms with E-state index in [-0.39, 0.29) is 26.4 Å². The van der Waals surface area contributed by atoms with Crippen LogP contribution in [0.4, 0.5) is 5.69 Å². The summed E-state index contributed by atoms with van der Waals surface area (Å²) >= 11 is 26.9. The van der Waals surface area contributed by atoms with Crippen molar-refractivity contribution in [3.05, 3.63) is 93.9 Å². The minimum absolute atomic E-state index is 0.0805. The van der Waals surface area contributed by atoms with Gasteiger partial charge in [0.2, 0.25) is 0 Å². The van der Waals surface area contributed by atoms with E-state index >= 15 is 0 Å². The van der Waals surface area contributed by atoms with Gasteiger partial charge >= 0.3 is 0 Å². The molecule has 1 fully saturated rings. The molecule has 11 heteroatoms. The van der Waals surface area contributed by atoms with Gasteiger partial charge in [0.15, 0.2) is 5.11 Å². The zero-order valence-electron chi connectivity index (χ0n) is 17.5. The second-order valence-corrected chi connectivity index (χ2v) is 11.4. The molecule has 1 heterocycles. The Morgan fingerprint density at radius 3 is 2.37 bits per heavy atom. The summed E-state index contributed by atoms with van der Waals surface area (Å²) < 4.78 is 8.42. The normalized spacial score (nSPS) is 14.9. The van der Waals surface area contributed by atoms with E-state index in [1.54, 1.807) is 30.3 Å². The van der Waals surface area contributed by atoms with Crippen LogP contribution in [-0.4, -0.2) is 16.9 Å². The maximum atomic E-state index is 13.3. The van der Waals surface area contributed by atoms with Crippen molar-refractivity contribution >= 4 is 119 Å². The second kappa shape index (κ2) is 11.3. The van der Waals surface area contributed by atoms with Gasteiger partial charge in [0.25, 0.3) is 11.8 Å². The molecule has 0 bridgehead atoms. The summed E-state index contributed by atoms with van der Waals surface area (Å²) in [5.74, 6) is -0.631. The minimum atomic E-state index is -0.616. The maximum Gasteiger partial charge on any atom is 0.270 e. The predicted molar refractivity (Wildman–Crippen MR) is 158 cm³/mol. The maximum absolute atomic E-state index is 13.3. The summed E-state index contributed by atoms with van der Waals surface area (Å²) in [6.45, 7) is 0.377. The minimum Gasteiger partial charge on any atom is -0.487 e. The number of nitrogens with one attached hydrogen (secondary N) is 1. The number of rotatable bonds is 5. The van der Waals surface area contributed by atoms with E-state index in [0.717, 1.165) is 14.0 Å². The van der Waals surface area contributed by atoms with Crippen LogP contribution in [0.3, 0.4) is 0 Å². The fourth-order valence-electron chi connectivity index (χ4n) is 3.24. The van der Waals surface area contributed by atoms with E-state index in [1.165, 1.54) is 6.08 Å². The van der Waals surface area contributed by atoms with E-state index < -0.39 is 11.8 Å². The fourth-order valence-corrected chi connectivity index (χ4v) is 5.71. The van der Waals surface area contributed by atoms with Crippen molar-refractivity contribution in [3.8, 4) is 5.75 Å². The zero-order chi connectivity index (χ0) is 25.3. The van der Waals surface area contributed by atoms with Gasteiger partial charge in [-0.25, -0.2) is 0 Å². The molecule has 3 aromatic carbocycles. The van der Waals surface area contributed by atoms with Crippen molar-refractivity contribution < 1.29 is 14.3 Å². The quantitative estimate of drug-likeness (QED) is 0.126. The van der Waals surface area contributed by atoms with Gasteiger partial charge in [-0.1, -0.05) is 41.4 Å². The molecule has 0 unspecified atom stereocenters. The van der Waals surface area contributed by atoms with Gasteiger partial charge < -0.3 is 4.74 Å². The van der Waals surface area contributed by atoms with E-state index in [2.05, 4.69) is 59.8 Å². The molecule has 0 radical (unpaired) electrons. The molecule has 2 amide bonds. The molecule has 1 aliphatic rings. The Morgan fingerprint density at radius 2 is 1.71 bits per heavy atom. The Hall–Kier alpha value is -1.50. The number of anilines is 1. The topological polar surface area (TPSA) is 58.6 Å². The lowest BCUT2D eigenvalue weighted by Crippen LogP contribution is -2.54. The molecule has 35 heavy (non-hydrogen) atoms. The van der Waals surface area contributed by atoms with Gasteiger partial charge in [-0.05, 0) is 120 Å². The first-order valence-electron chi connectivity index (χ1n) is 9.87. The molecule has 3 aromatic rings. The largest absolute Gasteiger partial charge is 0.487 e. The predicted octanol–water partition coefficient (Wildman–Crippen LogP) is 7.53. The molecule has 1 aliphatic heterocycles. The highest BCUT2D eigenvalue weighted by Gasteiger charge is 2.35. The first-order valence-corrected chi connectivity index (χ1v) is 13.7. The lowest BCUT2D eigenvalue weighted by Gasteiger charge is -2.29. The number of thiocarbonyl (C=S) groups is 1. The number of carbonyl (C=O) groups excluding carboxylic acids is 2. The van der Waals surface area contributed by atoms with E-state index in [9.17, 15) is 9.59 Å². The molecule has 1 N–H and O–H groups in total. The van der Waals surface area contributed by atoms with Crippen LogP contribution >= 0.6 is 89.9 Å². The zero-order valence-corrected chi connectivity index (χ0v) is 25.1. The van der Waals surface area contributed by atoms with Gasteiger partial charge in [0, 0.05) is 3.57 Å². The van der Waals surface area contributed by atoms with Crippen LogP contribution in [-0.2, 0) is 16.2 Å². The summed E-state index contributed by atoms with van der Waals surface area (Å²) in [5.41, 5.74) is 1.78. The van der Waals surface area contributed by atoms with Crippen molar-refractivity contribution in [2.75, 3.05) is 4.90 Å². The van der Waals surface area contributed by atoms with Crippen LogP contribution < -0.4 is 15.0 Å². The molecule has 0 spiro atoms. The Morgan fingerprint density at radius 1 is 1.06 bits per heavy atom. The highest BCUT2D eigenvalue weighted by molar-refractivity contribution is 14.1. The van der Waals surface area contributed by atoms with Gasteiger partial charge in [0.1, 0.15) is 17.9 Å². The van der Waals surface area contributed by atoms with Crippen LogP contribution in [0, 0.1) is 3.57 Å². The first kappa shape index (κ1) is 26.6. The summed E-state index contributed by atoms with van der Waals surface area (Å²) in [6.07, 6.45) is 1.48. The molecule has 0 aromatic heterocycles. The van der Waals surface area contributed by atoms with Crippen LogP contribution in [0.15, 0.2) is 69.1 Å². The molecular formula is C24H13Br2Cl2IN2O3S. The number of amides is 2. The van der Waals surface area contributed by atoms with Gasteiger partial charge in [-0.2, -0.15) is 0 Å². The standard InChI is InChI=1S/C24H13Br2Cl2IN2O3S/c25-16-9-13(10-17(26)21(16)34-11-12-4-6-14(29)7-5-12)8-15-22(32)30-24(35)31(23(15)33)19-3-1-2-18(27)20(19)28/h1-10H,11H2,(H,30,32,35)/b15-8+. The van der Waals surface area contributed by atoms with Gasteiger partial charge in [-0.3, -0.25) is 19.8 Å². The lowest BCUT2D eigenvalue weighted by atomic mass is 10.1. The number of hydrogen-bond donors (Lipinski definition) is 1. The summed E-state index contributed by atoms with van der Waals surface area (Å²) in [6, 6.07) is 16.4. The van der Waals surface area contributed by atoms with Crippen molar-refractivity contribution in [1.29, 1.82) is 0 Å². The van der Waals surface area contributed by atoms with Crippen LogP contribution in [0.5, 0.6) is 5.75 Å². The van der Waals surface area contributed by atoms with E-state index in [1.807, 2.05) is 24.3 Å². The van der Waals surface area contributed by atoms with Crippen molar-refractivity contribution in [2.24, 2.45) is 0 Å². The van der Waals surface area contributed by atoms with Crippen LogP contribution in [0.1, 0.15) is 11.1 Å². The molecule has 5 nitrogen and oxygen atoms in total. The number of nitrogens with zero attached hydrogens (tertiary/aromatic N) is 1. The summed E-state index contributed by atoms with van der Waals surface area (Å²) in [7, 11) is 0. The third kappa shape index (κ3) is 5.91. The monoisotopic (exact) mass is 764 g/mol. The Labute approximate surface area is 247 Å². The number of hydrogen-bond acceptors (Lipinski definition) is 4. The number of carbonyl (C=O) groups is 2. The molecular weight excluding hydrogens is 754 g/mol. The average Bonchev–Trinajstić information content (AvgIpc) is 2.80. The van der Waals surface area contributed by atoms with Gasteiger partial charge in [0.05, 0.1) is 24.7 Å². The highest BCUT2D eigenvalue weighted by atomic mass is 127. The van der Waals surface area contributed by atoms with E-state index in [0.29, 0.717) is 26.9 Å². The molecule has 178 valence electrons. The third-order valence-corrected chi connectivity index (χ3v) is 7.89. The molecule has 4 rings (SSSR count). The highest BCUT2D eigenvalue weighted by Crippen LogP contribution is 2.37. The van der Waals surface area contributed by atoms with Crippen molar-refractivity contribution in [3.63, 3.8) is 0 Å². The SMILES string of the molecule is O=C1NC(=S)N(c2cccc(Cl)c2Cl)C(=O)/C1=C/c1cc(Br)c(OCc2ccc(I)cc2)c(Br)c1. The molecule has 0 aliphatic carbocycles. The van der Waals surface area contributed by atoms with Gasteiger partial charge in [-0.15, -0.1) is 0 Å². The Bertz CT molecular complexity index is 1380. The van der Waals surface area contributed by atoms with Crippen LogP contribution in [0.2, 0.25) is 10.0 Å². The summed E-state index contributed by atoms with van der Waals surface area (Å²) in [4.78, 5) is 27.1. The Kier molecular flexibility index (Phi) is 8.55. The van der Waals surface area contributed by atoms with Crippen LogP contribution in [0.25, 0.3) is 6.08 Å². The summed E-state index contributed by atoms with van der Waals surface area (Å²) in [5, 5.41) is 2.87. The van der Waals surface area contributed by atoms with Crippen molar-refractivity contribution in [2.45, 2.75) is 6.61 Å². The number of ether oxygens (including phenoxy) is 1. The second-order valence-electron chi connectivity index (χ2n) is 7.26. The average molecular weight is 767 g/mol. The smallest absolute Gasteiger partial charge is 0.270 e. The molecule has 0 saturated carbocycles. The lowest BCUT2D eigenvalue weighted by molar-refractivity contribution is -0.122. The van der Waals surface area contributed by atoms with E-state index in [4.69, 9.17) is 40.2 Å². The van der Waals surface area contributed by atoms with Crippen molar-refractivity contribution in [1.82, 2.24) is 5.32 Å². The molecule has 0 atom stereocenters. The number of benzene rings is 3. The third-order valence-electron chi connectivity index (χ3n) is 4.90. The molecule has 1 saturated heterocycles. The fraction of sp³-hybridized carbons (Fsp3) is 0.0417. The first-order chi connectivity index (χ1) is 16.7. The number of halogens is 5. The Balaban J connectivity index is 1.63.